The van der Waals surface area contributed by atoms with Crippen molar-refractivity contribution in [1.82, 2.24) is 14.8 Å². The number of nitrogens with one attached hydrogen (secondary N) is 2. The van der Waals surface area contributed by atoms with Crippen molar-refractivity contribution in [2.75, 3.05) is 24.4 Å². The van der Waals surface area contributed by atoms with Crippen LogP contribution in [-0.2, 0) is 10.5 Å². The number of halogens is 2. The van der Waals surface area contributed by atoms with E-state index in [9.17, 15) is 4.79 Å². The molecule has 1 aromatic heterocycles. The Hall–Kier alpha value is -3.47. The standard InChI is InChI=1S/C34H37BrClN5O3S/c1-19(2)13-14-44-31-25(35)16-24(17-28(31)43-6)30-29(32(42)38-27-12-11-20(3)15-21(27)4)22(5)37-33-39-34(40-41(30)33)45-18-23-9-7-8-10-26(23)36/h7-12,15-17,19,30H,13-14,18H2,1-6H3,(H,38,42)(H,37,39,40). The van der Waals surface area contributed by atoms with Crippen LogP contribution in [0.15, 0.2) is 75.5 Å². The SMILES string of the molecule is COc1cc(C2C(C(=O)Nc3ccc(C)cc3C)=C(C)Nc3nc(SCc4ccccc4Cl)nn32)cc(Br)c1OCCC(C)C. The Bertz CT molecular complexity index is 1760. The molecule has 1 unspecified atom stereocenters. The van der Waals surface area contributed by atoms with Crippen LogP contribution in [0.2, 0.25) is 5.02 Å². The molecule has 1 atom stereocenters. The quantitative estimate of drug-likeness (QED) is 0.150. The highest BCUT2D eigenvalue weighted by Gasteiger charge is 2.35. The molecule has 2 heterocycles. The van der Waals surface area contributed by atoms with Gasteiger partial charge in [-0.05, 0) is 90.0 Å². The lowest BCUT2D eigenvalue weighted by molar-refractivity contribution is -0.113. The van der Waals surface area contributed by atoms with Crippen LogP contribution in [0, 0.1) is 19.8 Å². The van der Waals surface area contributed by atoms with E-state index in [2.05, 4.69) is 40.4 Å². The summed E-state index contributed by atoms with van der Waals surface area (Å²) in [4.78, 5) is 18.9. The molecule has 45 heavy (non-hydrogen) atoms. The van der Waals surface area contributed by atoms with E-state index in [1.807, 2.05) is 75.4 Å². The van der Waals surface area contributed by atoms with Crippen LogP contribution in [0.4, 0.5) is 11.6 Å². The third-order valence-corrected chi connectivity index (χ3v) is 9.38. The van der Waals surface area contributed by atoms with Crippen LogP contribution in [0.1, 0.15) is 55.5 Å². The van der Waals surface area contributed by atoms with Gasteiger partial charge in [0.2, 0.25) is 11.1 Å². The molecule has 0 spiro atoms. The van der Waals surface area contributed by atoms with Crippen molar-refractivity contribution in [2.45, 2.75) is 58.0 Å². The van der Waals surface area contributed by atoms with Crippen molar-refractivity contribution in [3.05, 3.63) is 97.6 Å². The fourth-order valence-corrected chi connectivity index (χ4v) is 6.82. The highest BCUT2D eigenvalue weighted by molar-refractivity contribution is 9.10. The fourth-order valence-electron chi connectivity index (χ4n) is 5.13. The molecule has 1 aliphatic heterocycles. The summed E-state index contributed by atoms with van der Waals surface area (Å²) in [5.41, 5.74) is 5.82. The summed E-state index contributed by atoms with van der Waals surface area (Å²) in [6.45, 7) is 10.8. The van der Waals surface area contributed by atoms with Crippen LogP contribution in [0.5, 0.6) is 11.5 Å². The van der Waals surface area contributed by atoms with Crippen LogP contribution >= 0.6 is 39.3 Å². The zero-order valence-corrected chi connectivity index (χ0v) is 29.4. The molecule has 236 valence electrons. The summed E-state index contributed by atoms with van der Waals surface area (Å²) in [5.74, 6) is 2.58. The molecule has 0 bridgehead atoms. The van der Waals surface area contributed by atoms with Crippen molar-refractivity contribution >= 4 is 56.8 Å². The van der Waals surface area contributed by atoms with Gasteiger partial charge >= 0.3 is 0 Å². The van der Waals surface area contributed by atoms with Crippen LogP contribution in [0.25, 0.3) is 0 Å². The van der Waals surface area contributed by atoms with E-state index in [1.165, 1.54) is 11.8 Å². The van der Waals surface area contributed by atoms with Crippen LogP contribution < -0.4 is 20.1 Å². The van der Waals surface area contributed by atoms with Gasteiger partial charge in [-0.1, -0.05) is 73.1 Å². The van der Waals surface area contributed by atoms with E-state index < -0.39 is 6.04 Å². The Labute approximate surface area is 282 Å². The first-order chi connectivity index (χ1) is 21.5. The van der Waals surface area contributed by atoms with Gasteiger partial charge in [0.15, 0.2) is 11.5 Å². The molecule has 11 heteroatoms. The highest BCUT2D eigenvalue weighted by Crippen LogP contribution is 2.43. The molecular weight excluding hydrogens is 674 g/mol. The largest absolute Gasteiger partial charge is 0.493 e. The molecule has 8 nitrogen and oxygen atoms in total. The van der Waals surface area contributed by atoms with Crippen molar-refractivity contribution in [1.29, 1.82) is 0 Å². The van der Waals surface area contributed by atoms with Crippen molar-refractivity contribution in [2.24, 2.45) is 5.92 Å². The average molecular weight is 711 g/mol. The molecular formula is C34H37BrClN5O3S. The van der Waals surface area contributed by atoms with Gasteiger partial charge in [-0.25, -0.2) is 4.68 Å². The number of fused-ring (bicyclic) bond motifs is 1. The number of thioether (sulfide) groups is 1. The summed E-state index contributed by atoms with van der Waals surface area (Å²) < 4.78 is 14.4. The number of carbonyl (C=O) groups excluding carboxylic acids is 1. The van der Waals surface area contributed by atoms with Crippen molar-refractivity contribution in [3.63, 3.8) is 0 Å². The lowest BCUT2D eigenvalue weighted by atomic mass is 9.94. The highest BCUT2D eigenvalue weighted by atomic mass is 79.9. The van der Waals surface area contributed by atoms with Gasteiger partial charge in [-0.2, -0.15) is 4.98 Å². The number of methoxy groups -OCH3 is 1. The maximum Gasteiger partial charge on any atom is 0.255 e. The van der Waals surface area contributed by atoms with Crippen molar-refractivity contribution < 1.29 is 14.3 Å². The first-order valence-corrected chi connectivity index (χ1v) is 16.9. The third-order valence-electron chi connectivity index (χ3n) is 7.53. The maximum absolute atomic E-state index is 14.1. The molecule has 3 aromatic carbocycles. The van der Waals surface area contributed by atoms with E-state index in [4.69, 9.17) is 31.2 Å². The van der Waals surface area contributed by atoms with E-state index in [0.717, 1.165) is 38.8 Å². The number of hydrogen-bond donors (Lipinski definition) is 2. The molecule has 5 rings (SSSR count). The molecule has 0 saturated carbocycles. The number of anilines is 2. The second kappa shape index (κ2) is 14.3. The molecule has 1 amide bonds. The number of carbonyl (C=O) groups is 1. The minimum absolute atomic E-state index is 0.240. The van der Waals surface area contributed by atoms with E-state index in [-0.39, 0.29) is 5.91 Å². The minimum Gasteiger partial charge on any atom is -0.493 e. The van der Waals surface area contributed by atoms with Crippen molar-refractivity contribution in [3.8, 4) is 11.5 Å². The van der Waals surface area contributed by atoms with E-state index >= 15 is 0 Å². The lowest BCUT2D eigenvalue weighted by Crippen LogP contribution is -2.31. The first kappa shape index (κ1) is 32.9. The summed E-state index contributed by atoms with van der Waals surface area (Å²) in [6.07, 6.45) is 0.910. The zero-order chi connectivity index (χ0) is 32.2. The van der Waals surface area contributed by atoms with Gasteiger partial charge in [-0.15, -0.1) is 5.10 Å². The number of rotatable bonds is 11. The van der Waals surface area contributed by atoms with Gasteiger partial charge in [0.25, 0.3) is 5.91 Å². The molecule has 0 aliphatic carbocycles. The number of hydrogen-bond acceptors (Lipinski definition) is 7. The monoisotopic (exact) mass is 709 g/mol. The Morgan fingerprint density at radius 2 is 1.93 bits per heavy atom. The Morgan fingerprint density at radius 1 is 1.16 bits per heavy atom. The number of benzene rings is 3. The number of allylic oxidation sites excluding steroid dienone is 1. The molecule has 0 saturated heterocycles. The van der Waals surface area contributed by atoms with E-state index in [1.54, 1.807) is 11.8 Å². The molecule has 0 radical (unpaired) electrons. The van der Waals surface area contributed by atoms with Crippen LogP contribution in [-0.4, -0.2) is 34.4 Å². The second-order valence-corrected chi connectivity index (χ2v) is 13.7. The fraction of sp³-hybridized carbons (Fsp3) is 0.324. The predicted molar refractivity (Wildman–Crippen MR) is 186 cm³/mol. The average Bonchev–Trinajstić information content (AvgIpc) is 3.40. The third kappa shape index (κ3) is 7.51. The van der Waals surface area contributed by atoms with Gasteiger partial charge in [0, 0.05) is 22.2 Å². The van der Waals surface area contributed by atoms with E-state index in [0.29, 0.717) is 57.2 Å². The minimum atomic E-state index is -0.607. The molecule has 0 fully saturated rings. The molecule has 4 aromatic rings. The Kier molecular flexibility index (Phi) is 10.5. The first-order valence-electron chi connectivity index (χ1n) is 14.7. The Morgan fingerprint density at radius 3 is 2.64 bits per heavy atom. The summed E-state index contributed by atoms with van der Waals surface area (Å²) in [6, 6.07) is 16.9. The molecule has 2 N–H and O–H groups in total. The summed E-state index contributed by atoms with van der Waals surface area (Å²) >= 11 is 11.6. The normalized spacial score (nSPS) is 14.3. The zero-order valence-electron chi connectivity index (χ0n) is 26.2. The topological polar surface area (TPSA) is 90.3 Å². The summed E-state index contributed by atoms with van der Waals surface area (Å²) in [5, 5.41) is 12.6. The number of aryl methyl sites for hydroxylation is 2. The van der Waals surface area contributed by atoms with Gasteiger partial charge in [-0.3, -0.25) is 4.79 Å². The smallest absolute Gasteiger partial charge is 0.255 e. The second-order valence-electron chi connectivity index (χ2n) is 11.4. The molecule has 1 aliphatic rings. The van der Waals surface area contributed by atoms with Gasteiger partial charge in [0.1, 0.15) is 6.04 Å². The van der Waals surface area contributed by atoms with Crippen LogP contribution in [0.3, 0.4) is 0 Å². The maximum atomic E-state index is 14.1. The Balaban J connectivity index is 1.55. The summed E-state index contributed by atoms with van der Waals surface area (Å²) in [7, 11) is 1.61. The number of aromatic nitrogens is 3. The lowest BCUT2D eigenvalue weighted by Gasteiger charge is -2.29. The number of ether oxygens (including phenoxy) is 2. The number of nitrogens with zero attached hydrogens (tertiary/aromatic N) is 3. The predicted octanol–water partition coefficient (Wildman–Crippen LogP) is 8.96. The van der Waals surface area contributed by atoms with Gasteiger partial charge < -0.3 is 20.1 Å². The number of amides is 1. The van der Waals surface area contributed by atoms with Gasteiger partial charge in [0.05, 0.1) is 23.8 Å².